The van der Waals surface area contributed by atoms with Crippen LogP contribution >= 0.6 is 0 Å². The third-order valence-corrected chi connectivity index (χ3v) is 4.68. The van der Waals surface area contributed by atoms with Gasteiger partial charge in [0, 0.05) is 5.41 Å². The van der Waals surface area contributed by atoms with Crippen LogP contribution in [0.25, 0.3) is 0 Å². The van der Waals surface area contributed by atoms with Gasteiger partial charge in [0.15, 0.2) is 0 Å². The van der Waals surface area contributed by atoms with E-state index in [1.807, 2.05) is 18.2 Å². The quantitative estimate of drug-likeness (QED) is 0.742. The molecule has 2 bridgehead atoms. The van der Waals surface area contributed by atoms with Crippen molar-refractivity contribution < 1.29 is 5.11 Å². The zero-order chi connectivity index (χ0) is 10.5. The van der Waals surface area contributed by atoms with Gasteiger partial charge in [-0.25, -0.2) is 0 Å². The average Bonchev–Trinajstić information content (AvgIpc) is 2.73. The monoisotopic (exact) mass is 202 g/mol. The van der Waals surface area contributed by atoms with E-state index in [4.69, 9.17) is 0 Å². The lowest BCUT2D eigenvalue weighted by atomic mass is 9.69. The van der Waals surface area contributed by atoms with Gasteiger partial charge in [0.05, 0.1) is 5.60 Å². The second-order valence-electron chi connectivity index (χ2n) is 5.60. The van der Waals surface area contributed by atoms with E-state index in [1.54, 1.807) is 0 Å². The maximum atomic E-state index is 10.9. The van der Waals surface area contributed by atoms with E-state index in [0.717, 1.165) is 17.9 Å². The first kappa shape index (κ1) is 9.41. The fourth-order valence-electron chi connectivity index (χ4n) is 3.76. The average molecular weight is 202 g/mol. The second kappa shape index (κ2) is 2.85. The van der Waals surface area contributed by atoms with Crippen LogP contribution in [0.2, 0.25) is 0 Å². The molecule has 0 spiro atoms. The molecule has 2 aliphatic carbocycles. The topological polar surface area (TPSA) is 20.2 Å². The summed E-state index contributed by atoms with van der Waals surface area (Å²) in [5.41, 5.74) is 0.686. The normalized spacial score (nSPS) is 43.5. The number of benzene rings is 1. The molecule has 1 aromatic carbocycles. The summed E-state index contributed by atoms with van der Waals surface area (Å²) in [6.07, 6.45) is 4.67. The lowest BCUT2D eigenvalue weighted by Crippen LogP contribution is -2.40. The molecule has 3 rings (SSSR count). The van der Waals surface area contributed by atoms with Crippen LogP contribution in [0.3, 0.4) is 0 Å². The highest BCUT2D eigenvalue weighted by molar-refractivity contribution is 5.28. The summed E-state index contributed by atoms with van der Waals surface area (Å²) < 4.78 is 0. The Bertz CT molecular complexity index is 372. The minimum atomic E-state index is -0.558. The van der Waals surface area contributed by atoms with Crippen LogP contribution in [0.15, 0.2) is 30.3 Å². The minimum absolute atomic E-state index is 0.124. The zero-order valence-corrected chi connectivity index (χ0v) is 9.24. The van der Waals surface area contributed by atoms with Gasteiger partial charge >= 0.3 is 0 Å². The maximum Gasteiger partial charge on any atom is 0.0952 e. The van der Waals surface area contributed by atoms with E-state index in [2.05, 4.69) is 19.1 Å². The molecule has 2 saturated carbocycles. The maximum absolute atomic E-state index is 10.9. The Morgan fingerprint density at radius 1 is 1.20 bits per heavy atom. The van der Waals surface area contributed by atoms with Crippen LogP contribution in [-0.4, -0.2) is 5.11 Å². The summed E-state index contributed by atoms with van der Waals surface area (Å²) in [6.45, 7) is 2.26. The van der Waals surface area contributed by atoms with Crippen molar-refractivity contribution in [3.05, 3.63) is 35.9 Å². The van der Waals surface area contributed by atoms with E-state index >= 15 is 0 Å². The highest BCUT2D eigenvalue weighted by Crippen LogP contribution is 2.63. The minimum Gasteiger partial charge on any atom is -0.385 e. The van der Waals surface area contributed by atoms with E-state index < -0.39 is 5.60 Å². The number of hydrogen-bond donors (Lipinski definition) is 1. The Kier molecular flexibility index (Phi) is 1.79. The molecular formula is C14H18O. The smallest absolute Gasteiger partial charge is 0.0952 e. The van der Waals surface area contributed by atoms with Crippen LogP contribution in [0, 0.1) is 11.3 Å². The van der Waals surface area contributed by atoms with Gasteiger partial charge in [0.25, 0.3) is 0 Å². The van der Waals surface area contributed by atoms with Gasteiger partial charge in [-0.15, -0.1) is 0 Å². The molecule has 3 atom stereocenters. The van der Waals surface area contributed by atoms with Crippen LogP contribution in [-0.2, 0) is 5.60 Å². The molecule has 0 aliphatic heterocycles. The molecule has 2 aliphatic rings. The fourth-order valence-corrected chi connectivity index (χ4v) is 3.76. The van der Waals surface area contributed by atoms with Crippen LogP contribution in [0.5, 0.6) is 0 Å². The first-order chi connectivity index (χ1) is 7.14. The Balaban J connectivity index is 2.05. The molecule has 0 saturated heterocycles. The van der Waals surface area contributed by atoms with Gasteiger partial charge in [-0.2, -0.15) is 0 Å². The predicted octanol–water partition coefficient (Wildman–Crippen LogP) is 3.08. The van der Waals surface area contributed by atoms with Crippen molar-refractivity contribution in [2.45, 2.75) is 38.2 Å². The molecule has 0 aromatic heterocycles. The SMILES string of the molecule is C[C@@]12CC[C@@H](C1)C[C@@]2(O)c1ccccc1. The van der Waals surface area contributed by atoms with Crippen LogP contribution < -0.4 is 0 Å². The highest BCUT2D eigenvalue weighted by atomic mass is 16.3. The third kappa shape index (κ3) is 1.13. The van der Waals surface area contributed by atoms with Crippen molar-refractivity contribution in [3.63, 3.8) is 0 Å². The summed E-state index contributed by atoms with van der Waals surface area (Å²) in [7, 11) is 0. The van der Waals surface area contributed by atoms with Crippen molar-refractivity contribution in [3.8, 4) is 0 Å². The summed E-state index contributed by atoms with van der Waals surface area (Å²) >= 11 is 0. The number of hydrogen-bond acceptors (Lipinski definition) is 1. The van der Waals surface area contributed by atoms with Gasteiger partial charge < -0.3 is 5.11 Å². The summed E-state index contributed by atoms with van der Waals surface area (Å²) in [6, 6.07) is 10.2. The molecule has 80 valence electrons. The largest absolute Gasteiger partial charge is 0.385 e. The van der Waals surface area contributed by atoms with Crippen molar-refractivity contribution >= 4 is 0 Å². The Labute approximate surface area is 91.1 Å². The molecule has 0 amide bonds. The molecule has 0 heterocycles. The summed E-state index contributed by atoms with van der Waals surface area (Å²) in [5.74, 6) is 0.750. The number of aliphatic hydroxyl groups is 1. The summed E-state index contributed by atoms with van der Waals surface area (Å²) in [4.78, 5) is 0. The first-order valence-electron chi connectivity index (χ1n) is 5.92. The van der Waals surface area contributed by atoms with Gasteiger partial charge in [0.1, 0.15) is 0 Å². The zero-order valence-electron chi connectivity index (χ0n) is 9.24. The Hall–Kier alpha value is -0.820. The van der Waals surface area contributed by atoms with Gasteiger partial charge in [-0.3, -0.25) is 0 Å². The molecule has 1 nitrogen and oxygen atoms in total. The summed E-state index contributed by atoms with van der Waals surface area (Å²) in [5, 5.41) is 10.9. The molecule has 0 radical (unpaired) electrons. The Morgan fingerprint density at radius 2 is 1.93 bits per heavy atom. The van der Waals surface area contributed by atoms with Crippen molar-refractivity contribution in [1.29, 1.82) is 0 Å². The Morgan fingerprint density at radius 3 is 2.47 bits per heavy atom. The highest BCUT2D eigenvalue weighted by Gasteiger charge is 2.58. The number of rotatable bonds is 1. The molecule has 2 fully saturated rings. The van der Waals surface area contributed by atoms with E-state index in [0.29, 0.717) is 0 Å². The molecule has 15 heavy (non-hydrogen) atoms. The fraction of sp³-hybridized carbons (Fsp3) is 0.571. The third-order valence-electron chi connectivity index (χ3n) is 4.68. The van der Waals surface area contributed by atoms with Crippen molar-refractivity contribution in [2.75, 3.05) is 0 Å². The van der Waals surface area contributed by atoms with Gasteiger partial charge in [0.2, 0.25) is 0 Å². The van der Waals surface area contributed by atoms with E-state index in [-0.39, 0.29) is 5.41 Å². The first-order valence-corrected chi connectivity index (χ1v) is 5.92. The number of fused-ring (bicyclic) bond motifs is 2. The second-order valence-corrected chi connectivity index (χ2v) is 5.60. The molecule has 1 heteroatoms. The van der Waals surface area contributed by atoms with Crippen LogP contribution in [0.1, 0.15) is 38.2 Å². The predicted molar refractivity (Wildman–Crippen MR) is 60.4 cm³/mol. The lowest BCUT2D eigenvalue weighted by molar-refractivity contribution is -0.0707. The lowest BCUT2D eigenvalue weighted by Gasteiger charge is -2.41. The molecule has 1 aromatic rings. The van der Waals surface area contributed by atoms with Crippen molar-refractivity contribution in [1.82, 2.24) is 0 Å². The van der Waals surface area contributed by atoms with Crippen LogP contribution in [0.4, 0.5) is 0 Å². The molecule has 1 N–H and O–H groups in total. The van der Waals surface area contributed by atoms with Gasteiger partial charge in [-0.05, 0) is 37.2 Å². The van der Waals surface area contributed by atoms with Crippen molar-refractivity contribution in [2.24, 2.45) is 11.3 Å². The standard InChI is InChI=1S/C14H18O/c1-13-8-7-11(9-13)10-14(13,15)12-5-3-2-4-6-12/h2-6,11,15H,7-10H2,1H3/t11-,13+,14+/m0/s1. The van der Waals surface area contributed by atoms with E-state index in [1.165, 1.54) is 19.3 Å². The molecule has 0 unspecified atom stereocenters. The van der Waals surface area contributed by atoms with Gasteiger partial charge in [-0.1, -0.05) is 37.3 Å². The van der Waals surface area contributed by atoms with E-state index in [9.17, 15) is 5.11 Å². The molecular weight excluding hydrogens is 184 g/mol.